The Kier molecular flexibility index (Phi) is 3.53. The van der Waals surface area contributed by atoms with E-state index < -0.39 is 0 Å². The Morgan fingerprint density at radius 2 is 2.21 bits per heavy atom. The molecule has 1 aliphatic carbocycles. The zero-order chi connectivity index (χ0) is 13.3. The second-order valence-electron chi connectivity index (χ2n) is 6.21. The van der Waals surface area contributed by atoms with Gasteiger partial charge in [0.2, 0.25) is 0 Å². The number of ether oxygens (including phenoxy) is 1. The van der Waals surface area contributed by atoms with Gasteiger partial charge in [0, 0.05) is 18.0 Å². The SMILES string of the molecule is CCCNC1CC2(CCCC2C)Oc2ccccc21. The van der Waals surface area contributed by atoms with Gasteiger partial charge in [0.1, 0.15) is 11.4 Å². The fraction of sp³-hybridized carbons (Fsp3) is 0.647. The van der Waals surface area contributed by atoms with Gasteiger partial charge in [-0.05, 0) is 44.2 Å². The zero-order valence-electron chi connectivity index (χ0n) is 12.1. The smallest absolute Gasteiger partial charge is 0.124 e. The van der Waals surface area contributed by atoms with Gasteiger partial charge >= 0.3 is 0 Å². The van der Waals surface area contributed by atoms with Gasteiger partial charge in [0.25, 0.3) is 0 Å². The lowest BCUT2D eigenvalue weighted by molar-refractivity contribution is 0.00187. The summed E-state index contributed by atoms with van der Waals surface area (Å²) >= 11 is 0. The number of nitrogens with one attached hydrogen (secondary N) is 1. The third-order valence-electron chi connectivity index (χ3n) is 4.93. The highest BCUT2D eigenvalue weighted by molar-refractivity contribution is 5.39. The van der Waals surface area contributed by atoms with Crippen molar-refractivity contribution >= 4 is 0 Å². The summed E-state index contributed by atoms with van der Waals surface area (Å²) in [5.41, 5.74) is 1.43. The Morgan fingerprint density at radius 3 is 2.95 bits per heavy atom. The maximum Gasteiger partial charge on any atom is 0.124 e. The van der Waals surface area contributed by atoms with Crippen LogP contribution in [0.1, 0.15) is 57.6 Å². The van der Waals surface area contributed by atoms with E-state index in [0.29, 0.717) is 12.0 Å². The van der Waals surface area contributed by atoms with Gasteiger partial charge in [-0.2, -0.15) is 0 Å². The minimum Gasteiger partial charge on any atom is -0.487 e. The number of fused-ring (bicyclic) bond motifs is 1. The molecule has 1 heterocycles. The van der Waals surface area contributed by atoms with E-state index in [1.165, 1.54) is 31.2 Å². The van der Waals surface area contributed by atoms with Crippen LogP contribution in [0.4, 0.5) is 0 Å². The number of para-hydroxylation sites is 1. The molecule has 2 aliphatic rings. The summed E-state index contributed by atoms with van der Waals surface area (Å²) in [6.07, 6.45) is 6.15. The highest BCUT2D eigenvalue weighted by Crippen LogP contribution is 2.49. The summed E-state index contributed by atoms with van der Waals surface area (Å²) in [6.45, 7) is 5.67. The van der Waals surface area contributed by atoms with Crippen LogP contribution in [-0.2, 0) is 0 Å². The lowest BCUT2D eigenvalue weighted by Gasteiger charge is -2.43. The van der Waals surface area contributed by atoms with Crippen LogP contribution in [0.3, 0.4) is 0 Å². The van der Waals surface area contributed by atoms with E-state index in [1.807, 2.05) is 0 Å². The fourth-order valence-corrected chi connectivity index (χ4v) is 3.75. The van der Waals surface area contributed by atoms with Crippen molar-refractivity contribution in [3.63, 3.8) is 0 Å². The summed E-state index contributed by atoms with van der Waals surface area (Å²) in [6, 6.07) is 9.04. The van der Waals surface area contributed by atoms with Gasteiger partial charge in [-0.25, -0.2) is 0 Å². The van der Waals surface area contributed by atoms with Crippen molar-refractivity contribution in [3.05, 3.63) is 29.8 Å². The zero-order valence-corrected chi connectivity index (χ0v) is 12.1. The predicted molar refractivity (Wildman–Crippen MR) is 78.5 cm³/mol. The van der Waals surface area contributed by atoms with Crippen LogP contribution in [0.5, 0.6) is 5.75 Å². The molecule has 1 aliphatic heterocycles. The first-order valence-electron chi connectivity index (χ1n) is 7.76. The Labute approximate surface area is 116 Å². The van der Waals surface area contributed by atoms with Crippen LogP contribution in [0.25, 0.3) is 0 Å². The van der Waals surface area contributed by atoms with Crippen LogP contribution in [-0.4, -0.2) is 12.1 Å². The molecule has 3 rings (SSSR count). The Balaban J connectivity index is 1.91. The largest absolute Gasteiger partial charge is 0.487 e. The summed E-state index contributed by atoms with van der Waals surface area (Å²) in [4.78, 5) is 0. The van der Waals surface area contributed by atoms with Crippen LogP contribution in [0, 0.1) is 5.92 Å². The van der Waals surface area contributed by atoms with E-state index in [2.05, 4.69) is 43.4 Å². The van der Waals surface area contributed by atoms with Crippen LogP contribution in [0.15, 0.2) is 24.3 Å². The van der Waals surface area contributed by atoms with E-state index in [-0.39, 0.29) is 5.60 Å². The molecule has 0 radical (unpaired) electrons. The van der Waals surface area contributed by atoms with Crippen LogP contribution in [0.2, 0.25) is 0 Å². The van der Waals surface area contributed by atoms with Gasteiger partial charge in [-0.1, -0.05) is 32.0 Å². The summed E-state index contributed by atoms with van der Waals surface area (Å²) < 4.78 is 6.46. The molecule has 0 bridgehead atoms. The highest BCUT2D eigenvalue weighted by Gasteiger charge is 2.47. The summed E-state index contributed by atoms with van der Waals surface area (Å²) in [7, 11) is 0. The van der Waals surface area contributed by atoms with E-state index in [4.69, 9.17) is 4.74 Å². The van der Waals surface area contributed by atoms with Gasteiger partial charge in [-0.3, -0.25) is 0 Å². The molecule has 0 amide bonds. The molecule has 1 saturated carbocycles. The molecular formula is C17H25NO. The normalized spacial score (nSPS) is 33.2. The molecular weight excluding hydrogens is 234 g/mol. The molecule has 1 fully saturated rings. The predicted octanol–water partition coefficient (Wildman–Crippen LogP) is 4.07. The van der Waals surface area contributed by atoms with E-state index in [0.717, 1.165) is 18.7 Å². The first-order chi connectivity index (χ1) is 9.25. The van der Waals surface area contributed by atoms with Crippen LogP contribution < -0.4 is 10.1 Å². The van der Waals surface area contributed by atoms with E-state index in [1.54, 1.807) is 0 Å². The van der Waals surface area contributed by atoms with Crippen molar-refractivity contribution < 1.29 is 4.74 Å². The molecule has 1 aromatic rings. The number of hydrogen-bond donors (Lipinski definition) is 1. The molecule has 2 nitrogen and oxygen atoms in total. The second kappa shape index (κ2) is 5.16. The molecule has 3 atom stereocenters. The Hall–Kier alpha value is -1.02. The van der Waals surface area contributed by atoms with Crippen molar-refractivity contribution in [1.29, 1.82) is 0 Å². The molecule has 1 spiro atoms. The second-order valence-corrected chi connectivity index (χ2v) is 6.21. The van der Waals surface area contributed by atoms with Crippen molar-refractivity contribution in [2.75, 3.05) is 6.54 Å². The molecule has 0 aromatic heterocycles. The molecule has 1 N–H and O–H groups in total. The van der Waals surface area contributed by atoms with Crippen LogP contribution >= 0.6 is 0 Å². The average molecular weight is 259 g/mol. The van der Waals surface area contributed by atoms with Crippen molar-refractivity contribution in [2.24, 2.45) is 5.92 Å². The summed E-state index contributed by atoms with van der Waals surface area (Å²) in [5.74, 6) is 1.78. The molecule has 0 saturated heterocycles. The van der Waals surface area contributed by atoms with E-state index in [9.17, 15) is 0 Å². The number of hydrogen-bond acceptors (Lipinski definition) is 2. The topological polar surface area (TPSA) is 21.3 Å². The fourth-order valence-electron chi connectivity index (χ4n) is 3.75. The minimum atomic E-state index is 0.0831. The van der Waals surface area contributed by atoms with Gasteiger partial charge in [0.15, 0.2) is 0 Å². The first-order valence-corrected chi connectivity index (χ1v) is 7.76. The minimum absolute atomic E-state index is 0.0831. The quantitative estimate of drug-likeness (QED) is 0.883. The Bertz CT molecular complexity index is 445. The summed E-state index contributed by atoms with van der Waals surface area (Å²) in [5, 5.41) is 3.72. The average Bonchev–Trinajstić information content (AvgIpc) is 2.77. The lowest BCUT2D eigenvalue weighted by atomic mass is 9.81. The highest BCUT2D eigenvalue weighted by atomic mass is 16.5. The van der Waals surface area contributed by atoms with Crippen molar-refractivity contribution in [2.45, 2.75) is 57.6 Å². The van der Waals surface area contributed by atoms with Crippen molar-refractivity contribution in [1.82, 2.24) is 5.32 Å². The van der Waals surface area contributed by atoms with E-state index >= 15 is 0 Å². The third-order valence-corrected chi connectivity index (χ3v) is 4.93. The maximum absolute atomic E-state index is 6.46. The lowest BCUT2D eigenvalue weighted by Crippen LogP contribution is -2.46. The number of rotatable bonds is 3. The number of benzene rings is 1. The van der Waals surface area contributed by atoms with Gasteiger partial charge < -0.3 is 10.1 Å². The Morgan fingerprint density at radius 1 is 1.37 bits per heavy atom. The molecule has 104 valence electrons. The molecule has 2 heteroatoms. The first kappa shape index (κ1) is 13.0. The van der Waals surface area contributed by atoms with Crippen molar-refractivity contribution in [3.8, 4) is 5.75 Å². The molecule has 3 unspecified atom stereocenters. The molecule has 1 aromatic carbocycles. The third kappa shape index (κ3) is 2.27. The molecule has 19 heavy (non-hydrogen) atoms. The van der Waals surface area contributed by atoms with Gasteiger partial charge in [0.05, 0.1) is 0 Å². The van der Waals surface area contributed by atoms with Gasteiger partial charge in [-0.15, -0.1) is 0 Å². The standard InChI is InChI=1S/C17H25NO/c1-3-11-18-15-12-17(10-6-7-13(17)2)19-16-9-5-4-8-14(15)16/h4-5,8-9,13,15,18H,3,6-7,10-12H2,1-2H3. The maximum atomic E-state index is 6.46. The monoisotopic (exact) mass is 259 g/mol.